The molecule has 0 fully saturated rings. The molecule has 104 valence electrons. The van der Waals surface area contributed by atoms with Crippen molar-refractivity contribution in [3.63, 3.8) is 0 Å². The van der Waals surface area contributed by atoms with Gasteiger partial charge in [-0.25, -0.2) is 4.39 Å². The number of nitrogens with two attached hydrogens (primary N) is 1. The molecule has 0 radical (unpaired) electrons. The van der Waals surface area contributed by atoms with Crippen LogP contribution in [0.5, 0.6) is 11.5 Å². The van der Waals surface area contributed by atoms with Crippen molar-refractivity contribution < 1.29 is 19.4 Å². The number of aromatic hydroxyl groups is 2. The Morgan fingerprint density at radius 3 is 2.45 bits per heavy atom. The van der Waals surface area contributed by atoms with E-state index in [9.17, 15) is 19.4 Å². The number of amides is 1. The molecule has 0 saturated carbocycles. The average Bonchev–Trinajstić information content (AvgIpc) is 2.40. The molecule has 20 heavy (non-hydrogen) atoms. The highest BCUT2D eigenvalue weighted by atomic mass is 19.1. The lowest BCUT2D eigenvalue weighted by atomic mass is 10.1. The fraction of sp³-hybridized carbons (Fsp3) is 0.0714. The van der Waals surface area contributed by atoms with Crippen molar-refractivity contribution in [2.24, 2.45) is 5.73 Å². The molecule has 0 aromatic heterocycles. The molecule has 5 N–H and O–H groups in total. The number of carbonyl (C=O) groups excluding carboxylic acids is 1. The second-order valence-corrected chi connectivity index (χ2v) is 4.14. The lowest BCUT2D eigenvalue weighted by molar-refractivity contribution is 0.102. The molecular formula is C14H13FN2O3. The summed E-state index contributed by atoms with van der Waals surface area (Å²) in [5, 5.41) is 21.6. The maximum Gasteiger partial charge on any atom is 0.263 e. The van der Waals surface area contributed by atoms with Crippen LogP contribution in [0.4, 0.5) is 10.1 Å². The van der Waals surface area contributed by atoms with E-state index in [1.807, 2.05) is 0 Å². The zero-order valence-corrected chi connectivity index (χ0v) is 10.4. The quantitative estimate of drug-likeness (QED) is 0.689. The van der Waals surface area contributed by atoms with Crippen LogP contribution in [0, 0.1) is 5.82 Å². The van der Waals surface area contributed by atoms with Crippen LogP contribution in [0.2, 0.25) is 0 Å². The highest BCUT2D eigenvalue weighted by Crippen LogP contribution is 2.27. The van der Waals surface area contributed by atoms with Crippen LogP contribution in [0.1, 0.15) is 15.9 Å². The first-order valence-electron chi connectivity index (χ1n) is 5.83. The van der Waals surface area contributed by atoms with E-state index in [-0.39, 0.29) is 29.2 Å². The van der Waals surface area contributed by atoms with Gasteiger partial charge in [0.2, 0.25) is 0 Å². The molecular weight excluding hydrogens is 263 g/mol. The van der Waals surface area contributed by atoms with Crippen molar-refractivity contribution in [2.75, 3.05) is 5.32 Å². The van der Waals surface area contributed by atoms with Gasteiger partial charge in [0.05, 0.1) is 0 Å². The number of phenolic OH excluding ortho intramolecular Hbond substituents is 2. The topological polar surface area (TPSA) is 95.6 Å². The van der Waals surface area contributed by atoms with Crippen LogP contribution < -0.4 is 11.1 Å². The Hall–Kier alpha value is -2.60. The molecule has 2 rings (SSSR count). The van der Waals surface area contributed by atoms with Gasteiger partial charge < -0.3 is 21.3 Å². The molecule has 0 atom stereocenters. The predicted octanol–water partition coefficient (Wildman–Crippen LogP) is 1.95. The number of halogens is 1. The van der Waals surface area contributed by atoms with Gasteiger partial charge in [0, 0.05) is 17.8 Å². The predicted molar refractivity (Wildman–Crippen MR) is 72.0 cm³/mol. The smallest absolute Gasteiger partial charge is 0.263 e. The van der Waals surface area contributed by atoms with Crippen LogP contribution in [0.15, 0.2) is 36.4 Å². The van der Waals surface area contributed by atoms with Crippen molar-refractivity contribution in [2.45, 2.75) is 6.54 Å². The molecule has 0 unspecified atom stereocenters. The highest BCUT2D eigenvalue weighted by molar-refractivity contribution is 6.08. The Morgan fingerprint density at radius 1 is 1.20 bits per heavy atom. The third-order valence-electron chi connectivity index (χ3n) is 2.77. The maximum atomic E-state index is 13.3. The van der Waals surface area contributed by atoms with E-state index >= 15 is 0 Å². The minimum Gasteiger partial charge on any atom is -0.507 e. The third-order valence-corrected chi connectivity index (χ3v) is 2.77. The van der Waals surface area contributed by atoms with Crippen LogP contribution in [-0.4, -0.2) is 16.1 Å². The summed E-state index contributed by atoms with van der Waals surface area (Å²) in [4.78, 5) is 12.0. The summed E-state index contributed by atoms with van der Waals surface area (Å²) in [6, 6.07) is 7.91. The lowest BCUT2D eigenvalue weighted by Gasteiger charge is -2.09. The number of carbonyl (C=O) groups is 1. The maximum absolute atomic E-state index is 13.3. The molecule has 0 heterocycles. The fourth-order valence-corrected chi connectivity index (χ4v) is 1.76. The Bertz CT molecular complexity index is 639. The number of benzene rings is 2. The molecule has 0 aliphatic carbocycles. The second-order valence-electron chi connectivity index (χ2n) is 4.14. The number of hydrogen-bond donors (Lipinski definition) is 4. The Kier molecular flexibility index (Phi) is 3.86. The van der Waals surface area contributed by atoms with E-state index in [0.29, 0.717) is 5.69 Å². The molecule has 0 spiro atoms. The first-order chi connectivity index (χ1) is 9.52. The third kappa shape index (κ3) is 2.70. The van der Waals surface area contributed by atoms with E-state index in [0.717, 1.165) is 0 Å². The first-order valence-corrected chi connectivity index (χ1v) is 5.83. The van der Waals surface area contributed by atoms with Gasteiger partial charge >= 0.3 is 0 Å². The normalized spacial score (nSPS) is 10.3. The number of nitrogens with one attached hydrogen (secondary N) is 1. The minimum atomic E-state index is -0.699. The molecule has 0 aliphatic rings. The van der Waals surface area contributed by atoms with Crippen molar-refractivity contribution >= 4 is 11.6 Å². The standard InChI is InChI=1S/C14H13FN2O3/c15-10-5-4-9(6-8(10)7-16)17-14(20)13-11(18)2-1-3-12(13)19/h1-6,18-19H,7,16H2,(H,17,20). The van der Waals surface area contributed by atoms with E-state index in [2.05, 4.69) is 5.32 Å². The monoisotopic (exact) mass is 276 g/mol. The number of phenols is 2. The summed E-state index contributed by atoms with van der Waals surface area (Å²) in [6.07, 6.45) is 0. The zero-order valence-electron chi connectivity index (χ0n) is 10.4. The van der Waals surface area contributed by atoms with Crippen molar-refractivity contribution in [1.29, 1.82) is 0 Å². The van der Waals surface area contributed by atoms with Gasteiger partial charge in [-0.15, -0.1) is 0 Å². The van der Waals surface area contributed by atoms with Crippen molar-refractivity contribution in [3.05, 3.63) is 53.3 Å². The average molecular weight is 276 g/mol. The van der Waals surface area contributed by atoms with E-state index < -0.39 is 11.7 Å². The summed E-state index contributed by atoms with van der Waals surface area (Å²) in [5.74, 6) is -1.85. The highest BCUT2D eigenvalue weighted by Gasteiger charge is 2.16. The SMILES string of the molecule is NCc1cc(NC(=O)c2c(O)cccc2O)ccc1F. The van der Waals surface area contributed by atoms with E-state index in [4.69, 9.17) is 5.73 Å². The summed E-state index contributed by atoms with van der Waals surface area (Å²) in [7, 11) is 0. The summed E-state index contributed by atoms with van der Waals surface area (Å²) in [5.41, 5.74) is 5.71. The lowest BCUT2D eigenvalue weighted by Crippen LogP contribution is -2.13. The van der Waals surface area contributed by atoms with Gasteiger partial charge in [-0.2, -0.15) is 0 Å². The van der Waals surface area contributed by atoms with Crippen LogP contribution in [-0.2, 0) is 6.54 Å². The van der Waals surface area contributed by atoms with Crippen LogP contribution in [0.25, 0.3) is 0 Å². The minimum absolute atomic E-state index is 0.00260. The Balaban J connectivity index is 2.28. The zero-order chi connectivity index (χ0) is 14.7. The number of hydrogen-bond acceptors (Lipinski definition) is 4. The van der Waals surface area contributed by atoms with Gasteiger partial charge in [-0.1, -0.05) is 6.07 Å². The Morgan fingerprint density at radius 2 is 1.85 bits per heavy atom. The molecule has 1 amide bonds. The molecule has 5 nitrogen and oxygen atoms in total. The molecule has 6 heteroatoms. The Labute approximate surface area is 114 Å². The fourth-order valence-electron chi connectivity index (χ4n) is 1.76. The van der Waals surface area contributed by atoms with Crippen LogP contribution in [0.3, 0.4) is 0 Å². The molecule has 0 aliphatic heterocycles. The summed E-state index contributed by atoms with van der Waals surface area (Å²) >= 11 is 0. The molecule has 0 saturated heterocycles. The summed E-state index contributed by atoms with van der Waals surface area (Å²) in [6.45, 7) is -0.00260. The first kappa shape index (κ1) is 13.8. The second kappa shape index (κ2) is 5.58. The van der Waals surface area contributed by atoms with E-state index in [1.54, 1.807) is 0 Å². The number of rotatable bonds is 3. The van der Waals surface area contributed by atoms with Gasteiger partial charge in [-0.05, 0) is 30.3 Å². The van der Waals surface area contributed by atoms with Gasteiger partial charge in [0.25, 0.3) is 5.91 Å². The molecule has 2 aromatic rings. The van der Waals surface area contributed by atoms with E-state index in [1.165, 1.54) is 36.4 Å². The van der Waals surface area contributed by atoms with Gasteiger partial charge in [0.15, 0.2) is 0 Å². The largest absolute Gasteiger partial charge is 0.507 e. The molecule has 2 aromatic carbocycles. The number of anilines is 1. The van der Waals surface area contributed by atoms with Gasteiger partial charge in [0.1, 0.15) is 22.9 Å². The summed E-state index contributed by atoms with van der Waals surface area (Å²) < 4.78 is 13.3. The van der Waals surface area contributed by atoms with Crippen LogP contribution >= 0.6 is 0 Å². The van der Waals surface area contributed by atoms with Crippen molar-refractivity contribution in [3.8, 4) is 11.5 Å². The van der Waals surface area contributed by atoms with Crippen molar-refractivity contribution in [1.82, 2.24) is 0 Å². The van der Waals surface area contributed by atoms with Gasteiger partial charge in [-0.3, -0.25) is 4.79 Å². The molecule has 0 bridgehead atoms.